The Morgan fingerprint density at radius 2 is 1.89 bits per heavy atom. The van der Waals surface area contributed by atoms with Gasteiger partial charge in [-0.1, -0.05) is 0 Å². The van der Waals surface area contributed by atoms with Crippen LogP contribution in [-0.4, -0.2) is 44.9 Å². The molecule has 1 saturated heterocycles. The van der Waals surface area contributed by atoms with Crippen molar-refractivity contribution in [1.29, 1.82) is 0 Å². The number of fused-ring (bicyclic) bond motifs is 2. The minimum absolute atomic E-state index is 0.288. The molecule has 0 aromatic carbocycles. The predicted molar refractivity (Wildman–Crippen MR) is 67.2 cm³/mol. The number of nitrogens with zero attached hydrogens (tertiary/aromatic N) is 1. The fourth-order valence-corrected chi connectivity index (χ4v) is 3.10. The molecule has 1 heterocycles. The average Bonchev–Trinajstić information content (AvgIpc) is 2.60. The Morgan fingerprint density at radius 3 is 2.37 bits per heavy atom. The number of piperidine rings is 1. The largest absolute Gasteiger partial charge is 0.480 e. The third-order valence-corrected chi connectivity index (χ3v) is 3.77. The third kappa shape index (κ3) is 2.17. The number of rotatable bonds is 1. The maximum absolute atomic E-state index is 12.2. The molecule has 1 saturated carbocycles. The van der Waals surface area contributed by atoms with E-state index < -0.39 is 34.9 Å². The minimum Gasteiger partial charge on any atom is -0.480 e. The summed E-state index contributed by atoms with van der Waals surface area (Å²) in [6, 6.07) is -1.12. The number of hydrogen-bond acceptors (Lipinski definition) is 5. The highest BCUT2D eigenvalue weighted by Crippen LogP contribution is 2.49. The van der Waals surface area contributed by atoms with Gasteiger partial charge in [0.1, 0.15) is 5.60 Å². The van der Waals surface area contributed by atoms with Crippen molar-refractivity contribution in [3.63, 3.8) is 0 Å². The molecule has 2 rings (SSSR count). The first-order chi connectivity index (χ1) is 8.49. The van der Waals surface area contributed by atoms with E-state index in [0.717, 1.165) is 4.90 Å². The van der Waals surface area contributed by atoms with E-state index in [-0.39, 0.29) is 6.42 Å². The highest BCUT2D eigenvalue weighted by molar-refractivity contribution is 5.84. The second kappa shape index (κ2) is 3.83. The Balaban J connectivity index is 2.32. The zero-order chi connectivity index (χ0) is 14.6. The molecule has 1 aliphatic carbocycles. The van der Waals surface area contributed by atoms with Crippen LogP contribution in [0.5, 0.6) is 0 Å². The maximum Gasteiger partial charge on any atom is 0.412 e. The molecule has 5 N–H and O–H groups in total. The van der Waals surface area contributed by atoms with Gasteiger partial charge in [0.15, 0.2) is 6.04 Å². The Labute approximate surface area is 111 Å². The second-order valence-electron chi connectivity index (χ2n) is 6.60. The molecule has 0 aromatic heterocycles. The maximum atomic E-state index is 12.2. The monoisotopic (exact) mass is 271 g/mol. The molecule has 7 nitrogen and oxygen atoms in total. The van der Waals surface area contributed by atoms with Crippen molar-refractivity contribution >= 4 is 12.1 Å². The lowest BCUT2D eigenvalue weighted by Crippen LogP contribution is -2.64. The SMILES string of the molecule is CC(C)(C)OC(=O)N1C(C(=O)O)C2(N)CCC1(N)C2. The van der Waals surface area contributed by atoms with Crippen LogP contribution in [0, 0.1) is 0 Å². The van der Waals surface area contributed by atoms with E-state index in [4.69, 9.17) is 16.2 Å². The topological polar surface area (TPSA) is 119 Å². The van der Waals surface area contributed by atoms with Gasteiger partial charge in [0.25, 0.3) is 0 Å². The highest BCUT2D eigenvalue weighted by atomic mass is 16.6. The van der Waals surface area contributed by atoms with Gasteiger partial charge in [-0.2, -0.15) is 0 Å². The van der Waals surface area contributed by atoms with Crippen LogP contribution in [-0.2, 0) is 9.53 Å². The number of carboxylic acid groups (broad SMARTS) is 1. The number of nitrogens with two attached hydrogens (primary N) is 2. The average molecular weight is 271 g/mol. The summed E-state index contributed by atoms with van der Waals surface area (Å²) in [5.74, 6) is -1.14. The molecule has 2 aliphatic rings. The summed E-state index contributed by atoms with van der Waals surface area (Å²) < 4.78 is 5.25. The standard InChI is InChI=1S/C12H21N3O4/c1-10(2,3)19-9(18)15-7(8(16)17)11(13)4-5-12(15,14)6-11/h7H,4-6,13-14H2,1-3H3,(H,16,17). The van der Waals surface area contributed by atoms with Crippen molar-refractivity contribution < 1.29 is 19.4 Å². The molecule has 0 aromatic rings. The van der Waals surface area contributed by atoms with Crippen molar-refractivity contribution in [2.24, 2.45) is 11.5 Å². The lowest BCUT2D eigenvalue weighted by Gasteiger charge is -2.41. The zero-order valence-corrected chi connectivity index (χ0v) is 11.5. The molecule has 3 atom stereocenters. The molecular weight excluding hydrogens is 250 g/mol. The van der Waals surface area contributed by atoms with Crippen molar-refractivity contribution in [3.05, 3.63) is 0 Å². The van der Waals surface area contributed by atoms with Gasteiger partial charge in [-0.3, -0.25) is 4.90 Å². The molecular formula is C12H21N3O4. The molecule has 7 heteroatoms. The van der Waals surface area contributed by atoms with Gasteiger partial charge in [0.2, 0.25) is 0 Å². The van der Waals surface area contributed by atoms with Gasteiger partial charge in [0, 0.05) is 6.42 Å². The molecule has 108 valence electrons. The fraction of sp³-hybridized carbons (Fsp3) is 0.833. The van der Waals surface area contributed by atoms with E-state index in [2.05, 4.69) is 0 Å². The van der Waals surface area contributed by atoms with E-state index in [9.17, 15) is 14.7 Å². The number of carboxylic acids is 1. The number of ether oxygens (including phenoxy) is 1. The molecule has 3 unspecified atom stereocenters. The number of hydrogen-bond donors (Lipinski definition) is 3. The Kier molecular flexibility index (Phi) is 2.84. The summed E-state index contributed by atoms with van der Waals surface area (Å²) in [6.07, 6.45) is 0.567. The van der Waals surface area contributed by atoms with E-state index in [1.54, 1.807) is 20.8 Å². The van der Waals surface area contributed by atoms with Gasteiger partial charge < -0.3 is 21.3 Å². The quantitative estimate of drug-likeness (QED) is 0.628. The summed E-state index contributed by atoms with van der Waals surface area (Å²) >= 11 is 0. The minimum atomic E-state index is -1.14. The molecule has 0 spiro atoms. The first-order valence-electron chi connectivity index (χ1n) is 6.31. The smallest absolute Gasteiger partial charge is 0.412 e. The van der Waals surface area contributed by atoms with Gasteiger partial charge >= 0.3 is 12.1 Å². The predicted octanol–water partition coefficient (Wildman–Crippen LogP) is 0.227. The number of carbonyl (C=O) groups is 2. The molecule has 0 radical (unpaired) electrons. The first-order valence-corrected chi connectivity index (χ1v) is 6.31. The van der Waals surface area contributed by atoms with Gasteiger partial charge in [0.05, 0.1) is 11.2 Å². The molecule has 19 heavy (non-hydrogen) atoms. The molecule has 1 amide bonds. The molecule has 2 bridgehead atoms. The van der Waals surface area contributed by atoms with Crippen LogP contribution in [0.4, 0.5) is 4.79 Å². The Bertz CT molecular complexity index is 433. The highest BCUT2D eigenvalue weighted by Gasteiger charge is 2.66. The van der Waals surface area contributed by atoms with Crippen molar-refractivity contribution in [1.82, 2.24) is 4.90 Å². The Morgan fingerprint density at radius 1 is 1.32 bits per heavy atom. The van der Waals surface area contributed by atoms with Gasteiger partial charge in [-0.15, -0.1) is 0 Å². The van der Waals surface area contributed by atoms with Gasteiger partial charge in [-0.25, -0.2) is 9.59 Å². The van der Waals surface area contributed by atoms with Crippen LogP contribution in [0.1, 0.15) is 40.0 Å². The fourth-order valence-electron chi connectivity index (χ4n) is 3.10. The number of likely N-dealkylation sites (tertiary alicyclic amines) is 1. The van der Waals surface area contributed by atoms with Crippen LogP contribution in [0.3, 0.4) is 0 Å². The van der Waals surface area contributed by atoms with Crippen LogP contribution >= 0.6 is 0 Å². The van der Waals surface area contributed by atoms with Crippen LogP contribution in [0.25, 0.3) is 0 Å². The summed E-state index contributed by atoms with van der Waals surface area (Å²) in [5, 5.41) is 9.35. The van der Waals surface area contributed by atoms with Crippen LogP contribution in [0.15, 0.2) is 0 Å². The number of carbonyl (C=O) groups excluding carboxylic acids is 1. The summed E-state index contributed by atoms with van der Waals surface area (Å²) in [6.45, 7) is 5.16. The summed E-state index contributed by atoms with van der Waals surface area (Å²) in [4.78, 5) is 24.8. The van der Waals surface area contributed by atoms with E-state index in [1.165, 1.54) is 0 Å². The second-order valence-corrected chi connectivity index (χ2v) is 6.60. The molecule has 1 aliphatic heterocycles. The van der Waals surface area contributed by atoms with Crippen LogP contribution in [0.2, 0.25) is 0 Å². The van der Waals surface area contributed by atoms with E-state index in [1.807, 2.05) is 0 Å². The number of amides is 1. The lowest BCUT2D eigenvalue weighted by molar-refractivity contribution is -0.146. The van der Waals surface area contributed by atoms with Crippen molar-refractivity contribution in [3.8, 4) is 0 Å². The first kappa shape index (κ1) is 14.1. The zero-order valence-electron chi connectivity index (χ0n) is 11.5. The summed E-state index contributed by atoms with van der Waals surface area (Å²) in [7, 11) is 0. The lowest BCUT2D eigenvalue weighted by atomic mass is 9.90. The summed E-state index contributed by atoms with van der Waals surface area (Å²) in [5.41, 5.74) is 9.59. The number of aliphatic carboxylic acids is 1. The molecule has 2 fully saturated rings. The van der Waals surface area contributed by atoms with Crippen molar-refractivity contribution in [2.45, 2.75) is 62.9 Å². The van der Waals surface area contributed by atoms with Crippen molar-refractivity contribution in [2.75, 3.05) is 0 Å². The van der Waals surface area contributed by atoms with Crippen LogP contribution < -0.4 is 11.5 Å². The van der Waals surface area contributed by atoms with E-state index >= 15 is 0 Å². The Hall–Kier alpha value is -1.34. The normalized spacial score (nSPS) is 37.5. The third-order valence-electron chi connectivity index (χ3n) is 3.77. The van der Waals surface area contributed by atoms with E-state index in [0.29, 0.717) is 12.8 Å². The van der Waals surface area contributed by atoms with Gasteiger partial charge in [-0.05, 0) is 33.6 Å².